The highest BCUT2D eigenvalue weighted by molar-refractivity contribution is 7.13. The Morgan fingerprint density at radius 3 is 2.67 bits per heavy atom. The van der Waals surface area contributed by atoms with Crippen LogP contribution in [0.25, 0.3) is 0 Å². The third kappa shape index (κ3) is 2.56. The molecule has 1 aromatic carbocycles. The van der Waals surface area contributed by atoms with E-state index in [1.807, 2.05) is 37.3 Å². The van der Waals surface area contributed by atoms with Crippen molar-refractivity contribution in [3.05, 3.63) is 57.3 Å². The van der Waals surface area contributed by atoms with E-state index in [9.17, 15) is 14.7 Å². The second-order valence-electron chi connectivity index (χ2n) is 5.19. The van der Waals surface area contributed by atoms with E-state index in [1.54, 1.807) is 11.0 Å². The summed E-state index contributed by atoms with van der Waals surface area (Å²) in [5.74, 6) is -1.63. The molecule has 108 valence electrons. The van der Waals surface area contributed by atoms with Crippen LogP contribution in [0.4, 0.5) is 0 Å². The first-order chi connectivity index (χ1) is 10.1. The summed E-state index contributed by atoms with van der Waals surface area (Å²) in [6.07, 6.45) is 0. The van der Waals surface area contributed by atoms with Gasteiger partial charge < -0.3 is 10.0 Å². The number of nitrogens with zero attached hydrogens (tertiary/aromatic N) is 1. The molecule has 1 aromatic heterocycles. The largest absolute Gasteiger partial charge is 0.481 e. The molecule has 1 atom stereocenters. The molecule has 0 fully saturated rings. The maximum atomic E-state index is 12.5. The highest BCUT2D eigenvalue weighted by Crippen LogP contribution is 2.30. The molecule has 0 saturated heterocycles. The van der Waals surface area contributed by atoms with E-state index < -0.39 is 11.9 Å². The van der Waals surface area contributed by atoms with Crippen LogP contribution in [0.2, 0.25) is 0 Å². The number of aliphatic carboxylic acids is 1. The second kappa shape index (κ2) is 5.33. The highest BCUT2D eigenvalue weighted by Gasteiger charge is 2.32. The number of hydrogen-bond donors (Lipinski definition) is 1. The summed E-state index contributed by atoms with van der Waals surface area (Å²) in [5, 5.41) is 9.42. The van der Waals surface area contributed by atoms with E-state index in [2.05, 4.69) is 0 Å². The zero-order valence-corrected chi connectivity index (χ0v) is 12.4. The van der Waals surface area contributed by atoms with Crippen molar-refractivity contribution in [3.63, 3.8) is 0 Å². The maximum Gasteiger partial charge on any atom is 0.312 e. The van der Waals surface area contributed by atoms with Gasteiger partial charge in [0.05, 0.1) is 10.8 Å². The molecular formula is C16H15NO3S. The van der Waals surface area contributed by atoms with Crippen molar-refractivity contribution >= 4 is 23.2 Å². The minimum Gasteiger partial charge on any atom is -0.481 e. The predicted molar refractivity (Wildman–Crippen MR) is 80.6 cm³/mol. The molecule has 2 aromatic rings. The van der Waals surface area contributed by atoms with Gasteiger partial charge in [-0.1, -0.05) is 24.3 Å². The number of thiophene rings is 1. The lowest BCUT2D eigenvalue weighted by molar-refractivity contribution is -0.139. The van der Waals surface area contributed by atoms with Crippen LogP contribution in [-0.2, 0) is 11.3 Å². The third-order valence-corrected chi connectivity index (χ3v) is 4.72. The van der Waals surface area contributed by atoms with Crippen LogP contribution in [0.5, 0.6) is 0 Å². The molecule has 0 aliphatic carbocycles. The lowest BCUT2D eigenvalue weighted by atomic mass is 9.90. The monoisotopic (exact) mass is 301 g/mol. The van der Waals surface area contributed by atoms with Crippen LogP contribution in [0.1, 0.15) is 31.6 Å². The maximum absolute atomic E-state index is 12.5. The van der Waals surface area contributed by atoms with Crippen LogP contribution in [0.15, 0.2) is 36.4 Å². The van der Waals surface area contributed by atoms with Gasteiger partial charge in [-0.15, -0.1) is 11.3 Å². The summed E-state index contributed by atoms with van der Waals surface area (Å²) >= 11 is 1.44. The Hall–Kier alpha value is -2.14. The van der Waals surface area contributed by atoms with Crippen molar-refractivity contribution in [2.45, 2.75) is 19.4 Å². The second-order valence-corrected chi connectivity index (χ2v) is 6.47. The number of amides is 1. The van der Waals surface area contributed by atoms with Gasteiger partial charge in [0.2, 0.25) is 0 Å². The Morgan fingerprint density at radius 1 is 1.24 bits per heavy atom. The number of aryl methyl sites for hydroxylation is 1. The number of carbonyl (C=O) groups is 2. The quantitative estimate of drug-likeness (QED) is 0.928. The minimum absolute atomic E-state index is 0.0890. The average molecular weight is 301 g/mol. The molecule has 3 rings (SSSR count). The normalized spacial score (nSPS) is 17.4. The van der Waals surface area contributed by atoms with Crippen molar-refractivity contribution in [3.8, 4) is 0 Å². The molecule has 0 spiro atoms. The van der Waals surface area contributed by atoms with E-state index in [1.165, 1.54) is 11.3 Å². The molecule has 21 heavy (non-hydrogen) atoms. The van der Waals surface area contributed by atoms with Crippen molar-refractivity contribution in [2.24, 2.45) is 0 Å². The fourth-order valence-corrected chi connectivity index (χ4v) is 3.51. The number of hydrogen-bond acceptors (Lipinski definition) is 3. The molecule has 5 heteroatoms. The standard InChI is InChI=1S/C16H15NO3S/c1-10-6-7-14(21-10)15(18)17-8-11-4-2-3-5-12(11)13(9-17)16(19)20/h2-7,13H,8-9H2,1H3,(H,19,20). The van der Waals surface area contributed by atoms with Gasteiger partial charge >= 0.3 is 5.97 Å². The smallest absolute Gasteiger partial charge is 0.312 e. The fraction of sp³-hybridized carbons (Fsp3) is 0.250. The number of carboxylic acid groups (broad SMARTS) is 1. The number of carboxylic acids is 1. The molecule has 0 radical (unpaired) electrons. The first-order valence-corrected chi connectivity index (χ1v) is 7.54. The highest BCUT2D eigenvalue weighted by atomic mass is 32.1. The number of carbonyl (C=O) groups excluding carboxylic acids is 1. The first kappa shape index (κ1) is 13.8. The van der Waals surface area contributed by atoms with E-state index in [4.69, 9.17) is 0 Å². The van der Waals surface area contributed by atoms with Crippen LogP contribution in [-0.4, -0.2) is 28.4 Å². The Kier molecular flexibility index (Phi) is 3.51. The minimum atomic E-state index is -0.887. The molecule has 0 bridgehead atoms. The van der Waals surface area contributed by atoms with E-state index in [0.29, 0.717) is 11.4 Å². The Labute approximate surface area is 126 Å². The third-order valence-electron chi connectivity index (χ3n) is 3.73. The Balaban J connectivity index is 1.93. The van der Waals surface area contributed by atoms with Gasteiger partial charge in [-0.25, -0.2) is 0 Å². The zero-order valence-electron chi connectivity index (χ0n) is 11.6. The lowest BCUT2D eigenvalue weighted by Crippen LogP contribution is -2.40. The number of rotatable bonds is 2. The number of fused-ring (bicyclic) bond motifs is 1. The molecule has 4 nitrogen and oxygen atoms in total. The molecule has 0 saturated carbocycles. The SMILES string of the molecule is Cc1ccc(C(=O)N2Cc3ccccc3C(C(=O)O)C2)s1. The Morgan fingerprint density at radius 2 is 2.00 bits per heavy atom. The van der Waals surface area contributed by atoms with Gasteiger partial charge in [0.15, 0.2) is 0 Å². The van der Waals surface area contributed by atoms with Crippen LogP contribution in [0, 0.1) is 6.92 Å². The van der Waals surface area contributed by atoms with Gasteiger partial charge in [0.1, 0.15) is 0 Å². The summed E-state index contributed by atoms with van der Waals surface area (Å²) < 4.78 is 0. The molecule has 1 N–H and O–H groups in total. The lowest BCUT2D eigenvalue weighted by Gasteiger charge is -2.32. The Bertz CT molecular complexity index is 707. The van der Waals surface area contributed by atoms with Gasteiger partial charge in [-0.3, -0.25) is 9.59 Å². The molecule has 1 aliphatic rings. The topological polar surface area (TPSA) is 57.6 Å². The summed E-state index contributed by atoms with van der Waals surface area (Å²) in [7, 11) is 0. The molecule has 1 unspecified atom stereocenters. The predicted octanol–water partition coefficient (Wildman–Crippen LogP) is 2.88. The van der Waals surface area contributed by atoms with Gasteiger partial charge in [0.25, 0.3) is 5.91 Å². The molecular weight excluding hydrogens is 286 g/mol. The fourth-order valence-electron chi connectivity index (χ4n) is 2.68. The summed E-state index contributed by atoms with van der Waals surface area (Å²) in [6, 6.07) is 11.2. The summed E-state index contributed by atoms with van der Waals surface area (Å²) in [5.41, 5.74) is 1.73. The first-order valence-electron chi connectivity index (χ1n) is 6.72. The van der Waals surface area contributed by atoms with Crippen molar-refractivity contribution in [1.82, 2.24) is 4.90 Å². The van der Waals surface area contributed by atoms with Crippen LogP contribution >= 0.6 is 11.3 Å². The summed E-state index contributed by atoms with van der Waals surface area (Å²) in [6.45, 7) is 2.64. The van der Waals surface area contributed by atoms with E-state index >= 15 is 0 Å². The zero-order chi connectivity index (χ0) is 15.0. The van der Waals surface area contributed by atoms with Crippen LogP contribution in [0.3, 0.4) is 0 Å². The molecule has 1 amide bonds. The van der Waals surface area contributed by atoms with Gasteiger partial charge in [-0.05, 0) is 30.2 Å². The van der Waals surface area contributed by atoms with Crippen molar-refractivity contribution < 1.29 is 14.7 Å². The van der Waals surface area contributed by atoms with Crippen molar-refractivity contribution in [1.29, 1.82) is 0 Å². The van der Waals surface area contributed by atoms with Crippen molar-refractivity contribution in [2.75, 3.05) is 6.54 Å². The average Bonchev–Trinajstić information content (AvgIpc) is 2.91. The van der Waals surface area contributed by atoms with E-state index in [-0.39, 0.29) is 12.5 Å². The van der Waals surface area contributed by atoms with Gasteiger partial charge in [0, 0.05) is 18.0 Å². The molecule has 1 aliphatic heterocycles. The molecule has 2 heterocycles. The summed E-state index contributed by atoms with van der Waals surface area (Å²) in [4.78, 5) is 27.4. The van der Waals surface area contributed by atoms with Crippen LogP contribution < -0.4 is 0 Å². The van der Waals surface area contributed by atoms with E-state index in [0.717, 1.165) is 16.0 Å². The van der Waals surface area contributed by atoms with Gasteiger partial charge in [-0.2, -0.15) is 0 Å². The number of benzene rings is 1.